The Morgan fingerprint density at radius 1 is 0.818 bits per heavy atom. The van der Waals surface area contributed by atoms with E-state index in [0.29, 0.717) is 12.8 Å². The van der Waals surface area contributed by atoms with E-state index in [0.717, 1.165) is 0 Å². The van der Waals surface area contributed by atoms with Gasteiger partial charge in [0.2, 0.25) is 0 Å². The number of esters is 2. The van der Waals surface area contributed by atoms with Gasteiger partial charge in [-0.25, -0.2) is 19.2 Å². The zero-order chi connectivity index (χ0) is 16.4. The van der Waals surface area contributed by atoms with Gasteiger partial charge < -0.3 is 30.7 Å². The molecule has 0 bridgehead atoms. The summed E-state index contributed by atoms with van der Waals surface area (Å²) in [7, 11) is 0. The molecule has 0 aromatic heterocycles. The van der Waals surface area contributed by atoms with E-state index in [2.05, 4.69) is 21.3 Å². The minimum atomic E-state index is -2.08. The Hall–Kier alpha value is -2.52. The van der Waals surface area contributed by atoms with Gasteiger partial charge in [-0.3, -0.25) is 0 Å². The first-order valence-corrected chi connectivity index (χ1v) is 6.97. The molecule has 2 saturated heterocycles. The van der Waals surface area contributed by atoms with Crippen LogP contribution < -0.4 is 21.3 Å². The van der Waals surface area contributed by atoms with Crippen molar-refractivity contribution in [2.45, 2.75) is 38.0 Å². The summed E-state index contributed by atoms with van der Waals surface area (Å²) in [6.45, 7) is 3.72. The third-order valence-corrected chi connectivity index (χ3v) is 3.25. The second-order valence-corrected chi connectivity index (χ2v) is 4.93. The van der Waals surface area contributed by atoms with Crippen LogP contribution in [0.25, 0.3) is 0 Å². The number of urea groups is 2. The van der Waals surface area contributed by atoms with E-state index < -0.39 is 35.3 Å². The van der Waals surface area contributed by atoms with Gasteiger partial charge in [-0.2, -0.15) is 0 Å². The lowest BCUT2D eigenvalue weighted by atomic mass is 9.96. The third kappa shape index (κ3) is 2.20. The molecule has 4 amide bonds. The highest BCUT2D eigenvalue weighted by Gasteiger charge is 2.75. The standard InChI is InChI=1S/C12H18N4O6/c1-3-5-21-7(17)11-12(15-9(19)13-11,16-10(20)14-11)8(18)22-6-4-2/h3-6H2,1-2H3,(H2,13,15,19)(H2,14,16,20). The molecular weight excluding hydrogens is 296 g/mol. The molecule has 0 aliphatic carbocycles. The van der Waals surface area contributed by atoms with Gasteiger partial charge in [0.15, 0.2) is 0 Å². The van der Waals surface area contributed by atoms with Crippen molar-refractivity contribution in [3.8, 4) is 0 Å². The highest BCUT2D eigenvalue weighted by molar-refractivity contribution is 6.09. The van der Waals surface area contributed by atoms with E-state index in [-0.39, 0.29) is 13.2 Å². The second-order valence-electron chi connectivity index (χ2n) is 4.93. The molecule has 2 heterocycles. The maximum absolute atomic E-state index is 12.3. The topological polar surface area (TPSA) is 135 Å². The second kappa shape index (κ2) is 5.70. The number of hydrogen-bond donors (Lipinski definition) is 4. The van der Waals surface area contributed by atoms with Crippen molar-refractivity contribution in [3.63, 3.8) is 0 Å². The number of amides is 4. The van der Waals surface area contributed by atoms with Gasteiger partial charge in [0.1, 0.15) is 0 Å². The maximum atomic E-state index is 12.3. The molecule has 0 aromatic carbocycles. The van der Waals surface area contributed by atoms with Crippen LogP contribution in [0.15, 0.2) is 0 Å². The number of carbonyl (C=O) groups excluding carboxylic acids is 4. The average molecular weight is 314 g/mol. The van der Waals surface area contributed by atoms with Crippen LogP contribution in [0, 0.1) is 0 Å². The van der Waals surface area contributed by atoms with E-state index in [1.165, 1.54) is 0 Å². The maximum Gasteiger partial charge on any atom is 0.358 e. The lowest BCUT2D eigenvalue weighted by Crippen LogP contribution is -2.74. The van der Waals surface area contributed by atoms with Crippen molar-refractivity contribution < 1.29 is 28.7 Å². The molecule has 0 radical (unpaired) electrons. The normalized spacial score (nSPS) is 28.8. The molecule has 2 fully saturated rings. The molecule has 0 saturated carbocycles. The van der Waals surface area contributed by atoms with E-state index in [4.69, 9.17) is 9.47 Å². The summed E-state index contributed by atoms with van der Waals surface area (Å²) in [6.07, 6.45) is 1.08. The van der Waals surface area contributed by atoms with Crippen LogP contribution in [-0.2, 0) is 19.1 Å². The van der Waals surface area contributed by atoms with Gasteiger partial charge in [0, 0.05) is 0 Å². The van der Waals surface area contributed by atoms with Crippen molar-refractivity contribution in [1.29, 1.82) is 0 Å². The zero-order valence-electron chi connectivity index (χ0n) is 12.3. The molecule has 10 nitrogen and oxygen atoms in total. The van der Waals surface area contributed by atoms with Crippen molar-refractivity contribution in [2.75, 3.05) is 13.2 Å². The van der Waals surface area contributed by atoms with Crippen LogP contribution in [0.4, 0.5) is 9.59 Å². The van der Waals surface area contributed by atoms with Gasteiger partial charge in [0.25, 0.3) is 11.3 Å². The minimum absolute atomic E-state index is 0.0758. The summed E-state index contributed by atoms with van der Waals surface area (Å²) < 4.78 is 10.00. The zero-order valence-corrected chi connectivity index (χ0v) is 12.3. The summed E-state index contributed by atoms with van der Waals surface area (Å²) in [5.74, 6) is -1.92. The van der Waals surface area contributed by atoms with Gasteiger partial charge in [-0.15, -0.1) is 0 Å². The van der Waals surface area contributed by atoms with Crippen molar-refractivity contribution >= 4 is 24.0 Å². The van der Waals surface area contributed by atoms with E-state index in [9.17, 15) is 19.2 Å². The molecule has 2 rings (SSSR count). The van der Waals surface area contributed by atoms with E-state index >= 15 is 0 Å². The predicted molar refractivity (Wildman–Crippen MR) is 71.3 cm³/mol. The first-order chi connectivity index (χ1) is 10.4. The number of ether oxygens (including phenoxy) is 2. The monoisotopic (exact) mass is 314 g/mol. The Balaban J connectivity index is 2.37. The summed E-state index contributed by atoms with van der Waals surface area (Å²) in [6, 6.07) is -1.62. The van der Waals surface area contributed by atoms with Gasteiger partial charge in [-0.05, 0) is 12.8 Å². The van der Waals surface area contributed by atoms with Gasteiger partial charge in [0.05, 0.1) is 13.2 Å². The van der Waals surface area contributed by atoms with E-state index in [1.807, 2.05) is 0 Å². The van der Waals surface area contributed by atoms with Crippen LogP contribution in [0.2, 0.25) is 0 Å². The highest BCUT2D eigenvalue weighted by atomic mass is 16.5. The number of rotatable bonds is 6. The summed E-state index contributed by atoms with van der Waals surface area (Å²) >= 11 is 0. The first-order valence-electron chi connectivity index (χ1n) is 6.97. The fourth-order valence-corrected chi connectivity index (χ4v) is 2.30. The van der Waals surface area contributed by atoms with Crippen LogP contribution in [0.5, 0.6) is 0 Å². The Bertz CT molecular complexity index is 458. The largest absolute Gasteiger partial charge is 0.462 e. The quantitative estimate of drug-likeness (QED) is 0.460. The fourth-order valence-electron chi connectivity index (χ4n) is 2.30. The number of fused-ring (bicyclic) bond motifs is 1. The number of hydrogen-bond acceptors (Lipinski definition) is 6. The molecule has 2 aliphatic heterocycles. The molecular formula is C12H18N4O6. The predicted octanol–water partition coefficient (Wildman–Crippen LogP) is -1.09. The Morgan fingerprint density at radius 3 is 1.41 bits per heavy atom. The Kier molecular flexibility index (Phi) is 4.11. The van der Waals surface area contributed by atoms with Crippen LogP contribution in [-0.4, -0.2) is 48.5 Å². The molecule has 0 aromatic rings. The molecule has 0 unspecified atom stereocenters. The lowest BCUT2D eigenvalue weighted by molar-refractivity contribution is -0.165. The average Bonchev–Trinajstić information content (AvgIpc) is 2.90. The SMILES string of the molecule is CCCOC(=O)C12NC(=O)NC1(C(=O)OCCC)NC(=O)N2. The van der Waals surface area contributed by atoms with Crippen LogP contribution in [0.3, 0.4) is 0 Å². The molecule has 0 spiro atoms. The summed E-state index contributed by atoms with van der Waals surface area (Å²) in [4.78, 5) is 48.1. The molecule has 10 heteroatoms. The van der Waals surface area contributed by atoms with Gasteiger partial charge in [-0.1, -0.05) is 13.8 Å². The smallest absolute Gasteiger partial charge is 0.358 e. The molecule has 4 N–H and O–H groups in total. The van der Waals surface area contributed by atoms with Crippen LogP contribution >= 0.6 is 0 Å². The highest BCUT2D eigenvalue weighted by Crippen LogP contribution is 2.30. The minimum Gasteiger partial charge on any atom is -0.462 e. The first kappa shape index (κ1) is 15.9. The number of carbonyl (C=O) groups is 4. The van der Waals surface area contributed by atoms with Crippen molar-refractivity contribution in [1.82, 2.24) is 21.3 Å². The van der Waals surface area contributed by atoms with Crippen molar-refractivity contribution in [2.24, 2.45) is 0 Å². The van der Waals surface area contributed by atoms with Crippen molar-refractivity contribution in [3.05, 3.63) is 0 Å². The Morgan fingerprint density at radius 2 is 1.14 bits per heavy atom. The third-order valence-electron chi connectivity index (χ3n) is 3.25. The fraction of sp³-hybridized carbons (Fsp3) is 0.667. The number of nitrogens with one attached hydrogen (secondary N) is 4. The molecule has 122 valence electrons. The van der Waals surface area contributed by atoms with Crippen LogP contribution in [0.1, 0.15) is 26.7 Å². The Labute approximate surface area is 126 Å². The lowest BCUT2D eigenvalue weighted by Gasteiger charge is -2.32. The van der Waals surface area contributed by atoms with E-state index in [1.54, 1.807) is 13.8 Å². The summed E-state index contributed by atoms with van der Waals surface area (Å²) in [5.41, 5.74) is -4.16. The molecule has 22 heavy (non-hydrogen) atoms. The molecule has 2 aliphatic rings. The summed E-state index contributed by atoms with van der Waals surface area (Å²) in [5, 5.41) is 8.99. The molecule has 0 atom stereocenters. The van der Waals surface area contributed by atoms with Gasteiger partial charge >= 0.3 is 24.0 Å².